The number of nitrogens with two attached hydrogens (primary N) is 2. The van der Waals surface area contributed by atoms with Gasteiger partial charge in [0.05, 0.1) is 6.61 Å². The molecule has 0 saturated heterocycles. The van der Waals surface area contributed by atoms with E-state index in [2.05, 4.69) is 0 Å². The Labute approximate surface area is 105 Å². The maximum atomic E-state index is 13.6. The lowest BCUT2D eigenvalue weighted by Crippen LogP contribution is -2.19. The number of halogens is 1. The third-order valence-corrected chi connectivity index (χ3v) is 2.45. The summed E-state index contributed by atoms with van der Waals surface area (Å²) in [5.74, 6) is -0.868. The molecule has 0 aromatic heterocycles. The molecule has 0 heterocycles. The molecule has 0 radical (unpaired) electrons. The standard InChI is InChI=1S/C13H17FN2O2/c1-3-18-12-5-4-9(7-11(12)14)6-10(8(2)15)13(16)17/h4-5,7H,3,6,15H2,1-2H3,(H2,16,17)/b10-8-. The topological polar surface area (TPSA) is 78.3 Å². The summed E-state index contributed by atoms with van der Waals surface area (Å²) in [4.78, 5) is 11.2. The first-order valence-electron chi connectivity index (χ1n) is 5.62. The SMILES string of the molecule is CCOc1ccc(C/C(C(N)=O)=C(\C)N)cc1F. The molecule has 0 atom stereocenters. The van der Waals surface area contributed by atoms with Gasteiger partial charge in [0, 0.05) is 17.7 Å². The van der Waals surface area contributed by atoms with Gasteiger partial charge in [0.25, 0.3) is 0 Å². The lowest BCUT2D eigenvalue weighted by molar-refractivity contribution is -0.114. The van der Waals surface area contributed by atoms with Crippen molar-refractivity contribution in [3.63, 3.8) is 0 Å². The van der Waals surface area contributed by atoms with Gasteiger partial charge in [-0.1, -0.05) is 6.07 Å². The molecular formula is C13H17FN2O2. The third kappa shape index (κ3) is 3.48. The van der Waals surface area contributed by atoms with Gasteiger partial charge in [-0.2, -0.15) is 0 Å². The van der Waals surface area contributed by atoms with E-state index in [0.717, 1.165) is 0 Å². The molecule has 98 valence electrons. The Kier molecular flexibility index (Phi) is 4.71. The molecule has 4 nitrogen and oxygen atoms in total. The number of hydrogen-bond donors (Lipinski definition) is 2. The summed E-state index contributed by atoms with van der Waals surface area (Å²) in [6, 6.07) is 4.52. The first-order valence-corrected chi connectivity index (χ1v) is 5.62. The Hall–Kier alpha value is -2.04. The van der Waals surface area contributed by atoms with Crippen molar-refractivity contribution in [3.05, 3.63) is 40.8 Å². The van der Waals surface area contributed by atoms with Crippen molar-refractivity contribution in [2.75, 3.05) is 6.61 Å². The number of carbonyl (C=O) groups excluding carboxylic acids is 1. The molecule has 0 fully saturated rings. The van der Waals surface area contributed by atoms with Crippen LogP contribution in [0.4, 0.5) is 4.39 Å². The van der Waals surface area contributed by atoms with E-state index in [1.54, 1.807) is 19.9 Å². The maximum Gasteiger partial charge on any atom is 0.246 e. The zero-order valence-electron chi connectivity index (χ0n) is 10.5. The highest BCUT2D eigenvalue weighted by molar-refractivity contribution is 5.93. The average molecular weight is 252 g/mol. The summed E-state index contributed by atoms with van der Waals surface area (Å²) in [6.45, 7) is 3.76. The van der Waals surface area contributed by atoms with Crippen LogP contribution in [0.5, 0.6) is 5.75 Å². The average Bonchev–Trinajstić information content (AvgIpc) is 2.28. The molecule has 0 saturated carbocycles. The summed E-state index contributed by atoms with van der Waals surface area (Å²) in [5, 5.41) is 0. The second-order valence-corrected chi connectivity index (χ2v) is 3.90. The Morgan fingerprint density at radius 2 is 2.06 bits per heavy atom. The lowest BCUT2D eigenvalue weighted by Gasteiger charge is -2.09. The van der Waals surface area contributed by atoms with E-state index in [9.17, 15) is 9.18 Å². The molecule has 18 heavy (non-hydrogen) atoms. The van der Waals surface area contributed by atoms with E-state index in [4.69, 9.17) is 16.2 Å². The fraction of sp³-hybridized carbons (Fsp3) is 0.308. The molecule has 1 aromatic rings. The first-order chi connectivity index (χ1) is 8.45. The van der Waals surface area contributed by atoms with E-state index in [1.165, 1.54) is 12.1 Å². The highest BCUT2D eigenvalue weighted by Crippen LogP contribution is 2.20. The number of amides is 1. The number of hydrogen-bond acceptors (Lipinski definition) is 3. The molecule has 4 N–H and O–H groups in total. The van der Waals surface area contributed by atoms with Crippen LogP contribution in [-0.2, 0) is 11.2 Å². The van der Waals surface area contributed by atoms with Crippen molar-refractivity contribution in [1.82, 2.24) is 0 Å². The minimum absolute atomic E-state index is 0.190. The Morgan fingerprint density at radius 3 is 2.50 bits per heavy atom. The number of allylic oxidation sites excluding steroid dienone is 1. The third-order valence-electron chi connectivity index (χ3n) is 2.45. The van der Waals surface area contributed by atoms with Crippen LogP contribution < -0.4 is 16.2 Å². The molecule has 0 aliphatic rings. The van der Waals surface area contributed by atoms with Crippen LogP contribution in [0.3, 0.4) is 0 Å². The Morgan fingerprint density at radius 1 is 1.39 bits per heavy atom. The zero-order chi connectivity index (χ0) is 13.7. The lowest BCUT2D eigenvalue weighted by atomic mass is 10.0. The van der Waals surface area contributed by atoms with Gasteiger partial charge in [0.1, 0.15) is 0 Å². The van der Waals surface area contributed by atoms with Crippen LogP contribution in [0.25, 0.3) is 0 Å². The number of benzene rings is 1. The summed E-state index contributed by atoms with van der Waals surface area (Å²) in [5.41, 5.74) is 12.0. The summed E-state index contributed by atoms with van der Waals surface area (Å²) < 4.78 is 18.7. The van der Waals surface area contributed by atoms with Gasteiger partial charge in [-0.3, -0.25) is 4.79 Å². The van der Waals surface area contributed by atoms with Gasteiger partial charge >= 0.3 is 0 Å². The fourth-order valence-electron chi connectivity index (χ4n) is 1.55. The van der Waals surface area contributed by atoms with Crippen LogP contribution in [0, 0.1) is 5.82 Å². The first kappa shape index (κ1) is 14.0. The van der Waals surface area contributed by atoms with Crippen LogP contribution in [-0.4, -0.2) is 12.5 Å². The van der Waals surface area contributed by atoms with Crippen LogP contribution in [0.2, 0.25) is 0 Å². The highest BCUT2D eigenvalue weighted by atomic mass is 19.1. The summed E-state index contributed by atoms with van der Waals surface area (Å²) >= 11 is 0. The van der Waals surface area contributed by atoms with Gasteiger partial charge in [-0.25, -0.2) is 4.39 Å². The van der Waals surface area contributed by atoms with Crippen molar-refractivity contribution < 1.29 is 13.9 Å². The van der Waals surface area contributed by atoms with Crippen molar-refractivity contribution in [2.24, 2.45) is 11.5 Å². The fourth-order valence-corrected chi connectivity index (χ4v) is 1.55. The number of primary amides is 1. The van der Waals surface area contributed by atoms with Gasteiger partial charge in [0.15, 0.2) is 11.6 Å². The molecule has 0 bridgehead atoms. The van der Waals surface area contributed by atoms with Crippen LogP contribution in [0.15, 0.2) is 29.5 Å². The molecular weight excluding hydrogens is 235 g/mol. The van der Waals surface area contributed by atoms with Gasteiger partial charge in [-0.05, 0) is 31.5 Å². The van der Waals surface area contributed by atoms with E-state index >= 15 is 0 Å². The van der Waals surface area contributed by atoms with E-state index in [1.807, 2.05) is 0 Å². The van der Waals surface area contributed by atoms with Crippen molar-refractivity contribution in [2.45, 2.75) is 20.3 Å². The molecule has 0 aliphatic heterocycles. The van der Waals surface area contributed by atoms with Crippen LogP contribution >= 0.6 is 0 Å². The molecule has 1 aromatic carbocycles. The second-order valence-electron chi connectivity index (χ2n) is 3.90. The number of rotatable bonds is 5. The highest BCUT2D eigenvalue weighted by Gasteiger charge is 2.11. The van der Waals surface area contributed by atoms with E-state index in [-0.39, 0.29) is 12.2 Å². The zero-order valence-corrected chi connectivity index (χ0v) is 10.5. The van der Waals surface area contributed by atoms with Gasteiger partial charge in [-0.15, -0.1) is 0 Å². The predicted molar refractivity (Wildman–Crippen MR) is 67.4 cm³/mol. The molecule has 1 rings (SSSR count). The number of ether oxygens (including phenoxy) is 1. The summed E-state index contributed by atoms with van der Waals surface area (Å²) in [6.07, 6.45) is 0.209. The minimum atomic E-state index is -0.593. The van der Waals surface area contributed by atoms with E-state index in [0.29, 0.717) is 23.4 Å². The van der Waals surface area contributed by atoms with Crippen molar-refractivity contribution in [1.29, 1.82) is 0 Å². The Bertz CT molecular complexity index is 480. The van der Waals surface area contributed by atoms with Gasteiger partial charge < -0.3 is 16.2 Å². The van der Waals surface area contributed by atoms with Gasteiger partial charge in [0.2, 0.25) is 5.91 Å². The quantitative estimate of drug-likeness (QED) is 0.779. The van der Waals surface area contributed by atoms with Crippen molar-refractivity contribution >= 4 is 5.91 Å². The molecule has 0 unspecified atom stereocenters. The van der Waals surface area contributed by atoms with E-state index < -0.39 is 11.7 Å². The maximum absolute atomic E-state index is 13.6. The second kappa shape index (κ2) is 6.05. The largest absolute Gasteiger partial charge is 0.491 e. The number of carbonyl (C=O) groups is 1. The molecule has 1 amide bonds. The van der Waals surface area contributed by atoms with Crippen LogP contribution in [0.1, 0.15) is 19.4 Å². The smallest absolute Gasteiger partial charge is 0.246 e. The summed E-state index contributed by atoms with van der Waals surface area (Å²) in [7, 11) is 0. The monoisotopic (exact) mass is 252 g/mol. The molecule has 5 heteroatoms. The predicted octanol–water partition coefficient (Wildman–Crippen LogP) is 1.48. The van der Waals surface area contributed by atoms with Crippen molar-refractivity contribution in [3.8, 4) is 5.75 Å². The molecule has 0 spiro atoms. The Balaban J connectivity index is 2.96. The molecule has 0 aliphatic carbocycles. The minimum Gasteiger partial charge on any atom is -0.491 e. The normalized spacial score (nSPS) is 11.9.